The number of rotatable bonds is 5. The molecular formula is C22H28N8OS. The van der Waals surface area contributed by atoms with E-state index in [0.29, 0.717) is 23.3 Å². The standard InChI is InChI=1S/C22H28N8OS/c1-13-17(14(2)29(5)28-13)9-10-21(31)30-11-7-6-8-19(30)18-12-20(24-15(3)23-18)25-22-27-26-16(4)32-22/h9-10,12,19H,6-8,11H2,1-5H3,(H,23,24,25,27)/b10-9+/t19-/m0/s1. The summed E-state index contributed by atoms with van der Waals surface area (Å²) in [4.78, 5) is 24.3. The lowest BCUT2D eigenvalue weighted by molar-refractivity contribution is -0.129. The minimum atomic E-state index is -0.0876. The molecule has 1 atom stereocenters. The van der Waals surface area contributed by atoms with Gasteiger partial charge in [-0.1, -0.05) is 11.3 Å². The number of aryl methyl sites for hydroxylation is 4. The average molecular weight is 453 g/mol. The first-order valence-corrected chi connectivity index (χ1v) is 11.5. The van der Waals surface area contributed by atoms with Crippen molar-refractivity contribution >= 4 is 34.3 Å². The van der Waals surface area contributed by atoms with Crippen LogP contribution in [0.4, 0.5) is 10.9 Å². The van der Waals surface area contributed by atoms with E-state index in [1.807, 2.05) is 56.5 Å². The van der Waals surface area contributed by atoms with Gasteiger partial charge in [-0.25, -0.2) is 9.97 Å². The van der Waals surface area contributed by atoms with Gasteiger partial charge in [0.1, 0.15) is 16.6 Å². The van der Waals surface area contributed by atoms with Crippen LogP contribution in [0, 0.1) is 27.7 Å². The second-order valence-electron chi connectivity index (χ2n) is 8.06. The minimum absolute atomic E-state index is 0.0112. The molecule has 0 unspecified atom stereocenters. The number of carbonyl (C=O) groups is 1. The van der Waals surface area contributed by atoms with Gasteiger partial charge in [-0.15, -0.1) is 10.2 Å². The Bertz CT molecular complexity index is 1160. The molecule has 0 saturated carbocycles. The topological polar surface area (TPSA) is 102 Å². The van der Waals surface area contributed by atoms with Gasteiger partial charge >= 0.3 is 0 Å². The molecular weight excluding hydrogens is 424 g/mol. The summed E-state index contributed by atoms with van der Waals surface area (Å²) < 4.78 is 1.83. The van der Waals surface area contributed by atoms with Crippen LogP contribution in [0.5, 0.6) is 0 Å². The Morgan fingerprint density at radius 1 is 1.19 bits per heavy atom. The molecule has 0 aliphatic carbocycles. The van der Waals surface area contributed by atoms with Crippen LogP contribution < -0.4 is 5.32 Å². The molecule has 1 N–H and O–H groups in total. The Hall–Kier alpha value is -3.14. The van der Waals surface area contributed by atoms with Crippen LogP contribution in [0.15, 0.2) is 12.1 Å². The number of hydrogen-bond donors (Lipinski definition) is 1. The highest BCUT2D eigenvalue weighted by Crippen LogP contribution is 2.32. The summed E-state index contributed by atoms with van der Waals surface area (Å²) in [5, 5.41) is 17.4. The zero-order valence-corrected chi connectivity index (χ0v) is 19.9. The molecule has 0 bridgehead atoms. The Morgan fingerprint density at radius 3 is 2.69 bits per heavy atom. The smallest absolute Gasteiger partial charge is 0.247 e. The Kier molecular flexibility index (Phi) is 6.31. The van der Waals surface area contributed by atoms with Crippen molar-refractivity contribution in [3.63, 3.8) is 0 Å². The van der Waals surface area contributed by atoms with Crippen LogP contribution >= 0.6 is 11.3 Å². The van der Waals surface area contributed by atoms with Gasteiger partial charge in [-0.05, 0) is 53.0 Å². The average Bonchev–Trinajstić information content (AvgIpc) is 3.27. The van der Waals surface area contributed by atoms with Crippen molar-refractivity contribution in [3.8, 4) is 0 Å². The Balaban J connectivity index is 1.57. The van der Waals surface area contributed by atoms with Gasteiger partial charge < -0.3 is 10.2 Å². The number of aromatic nitrogens is 6. The zero-order chi connectivity index (χ0) is 22.8. The molecule has 1 aliphatic heterocycles. The van der Waals surface area contributed by atoms with Crippen molar-refractivity contribution < 1.29 is 4.79 Å². The van der Waals surface area contributed by atoms with E-state index in [1.54, 1.807) is 6.08 Å². The summed E-state index contributed by atoms with van der Waals surface area (Å²) in [6.45, 7) is 8.44. The van der Waals surface area contributed by atoms with Gasteiger partial charge in [0.15, 0.2) is 0 Å². The lowest BCUT2D eigenvalue weighted by Crippen LogP contribution is -2.38. The predicted molar refractivity (Wildman–Crippen MR) is 125 cm³/mol. The largest absolute Gasteiger partial charge is 0.331 e. The minimum Gasteiger partial charge on any atom is -0.331 e. The van der Waals surface area contributed by atoms with Gasteiger partial charge in [0, 0.05) is 37.0 Å². The van der Waals surface area contributed by atoms with Gasteiger partial charge in [0.25, 0.3) is 0 Å². The van der Waals surface area contributed by atoms with Crippen molar-refractivity contribution in [2.75, 3.05) is 11.9 Å². The lowest BCUT2D eigenvalue weighted by atomic mass is 9.98. The van der Waals surface area contributed by atoms with Crippen LogP contribution in [-0.4, -0.2) is 47.3 Å². The summed E-state index contributed by atoms with van der Waals surface area (Å²) >= 11 is 1.47. The molecule has 3 aromatic rings. The SMILES string of the molecule is Cc1nc(Nc2nnc(C)s2)cc([C@@H]2CCCCN2C(=O)/C=C/c2c(C)nn(C)c2C)n1. The van der Waals surface area contributed by atoms with Gasteiger partial charge in [0.05, 0.1) is 17.4 Å². The van der Waals surface area contributed by atoms with Crippen LogP contribution in [-0.2, 0) is 11.8 Å². The van der Waals surface area contributed by atoms with E-state index < -0.39 is 0 Å². The molecule has 0 spiro atoms. The summed E-state index contributed by atoms with van der Waals surface area (Å²) in [5.74, 6) is 1.31. The maximum Gasteiger partial charge on any atom is 0.247 e. The van der Waals surface area contributed by atoms with E-state index in [1.165, 1.54) is 11.3 Å². The van der Waals surface area contributed by atoms with Crippen molar-refractivity contribution in [2.24, 2.45) is 7.05 Å². The van der Waals surface area contributed by atoms with Crippen LogP contribution in [0.2, 0.25) is 0 Å². The number of anilines is 2. The van der Waals surface area contributed by atoms with E-state index >= 15 is 0 Å². The molecule has 9 nitrogen and oxygen atoms in total. The zero-order valence-electron chi connectivity index (χ0n) is 19.1. The van der Waals surface area contributed by atoms with Crippen molar-refractivity contribution in [3.05, 3.63) is 45.6 Å². The molecule has 32 heavy (non-hydrogen) atoms. The molecule has 1 fully saturated rings. The highest BCUT2D eigenvalue weighted by Gasteiger charge is 2.28. The second-order valence-corrected chi connectivity index (χ2v) is 9.24. The van der Waals surface area contributed by atoms with Crippen LogP contribution in [0.1, 0.15) is 58.8 Å². The monoisotopic (exact) mass is 452 g/mol. The fourth-order valence-corrected chi connectivity index (χ4v) is 4.67. The van der Waals surface area contributed by atoms with E-state index in [9.17, 15) is 4.79 Å². The quantitative estimate of drug-likeness (QED) is 0.587. The first-order valence-electron chi connectivity index (χ1n) is 10.7. The lowest BCUT2D eigenvalue weighted by Gasteiger charge is -2.35. The third-order valence-electron chi connectivity index (χ3n) is 5.70. The normalized spacial score (nSPS) is 16.7. The second kappa shape index (κ2) is 9.15. The maximum absolute atomic E-state index is 13.2. The molecule has 3 aromatic heterocycles. The van der Waals surface area contributed by atoms with Gasteiger partial charge in [-0.3, -0.25) is 9.48 Å². The summed E-state index contributed by atoms with van der Waals surface area (Å²) in [6, 6.07) is 1.83. The number of piperidine rings is 1. The fraction of sp³-hybridized carbons (Fsp3) is 0.455. The first kappa shape index (κ1) is 22.1. The maximum atomic E-state index is 13.2. The highest BCUT2D eigenvalue weighted by atomic mass is 32.1. The number of carbonyl (C=O) groups excluding carboxylic acids is 1. The van der Waals surface area contributed by atoms with Crippen molar-refractivity contribution in [1.82, 2.24) is 34.8 Å². The summed E-state index contributed by atoms with van der Waals surface area (Å²) in [6.07, 6.45) is 6.45. The van der Waals surface area contributed by atoms with Gasteiger partial charge in [-0.2, -0.15) is 5.10 Å². The number of likely N-dealkylation sites (tertiary alicyclic amines) is 1. The van der Waals surface area contributed by atoms with E-state index in [-0.39, 0.29) is 11.9 Å². The molecule has 10 heteroatoms. The first-order chi connectivity index (χ1) is 15.3. The van der Waals surface area contributed by atoms with Crippen molar-refractivity contribution in [2.45, 2.75) is 53.0 Å². The third-order valence-corrected chi connectivity index (χ3v) is 6.46. The molecule has 4 rings (SSSR count). The van der Waals surface area contributed by atoms with E-state index in [2.05, 4.69) is 30.6 Å². The van der Waals surface area contributed by atoms with Crippen LogP contribution in [0.25, 0.3) is 6.08 Å². The number of amides is 1. The number of hydrogen-bond acceptors (Lipinski definition) is 8. The molecule has 1 saturated heterocycles. The molecule has 0 radical (unpaired) electrons. The highest BCUT2D eigenvalue weighted by molar-refractivity contribution is 7.15. The van der Waals surface area contributed by atoms with E-state index in [4.69, 9.17) is 0 Å². The van der Waals surface area contributed by atoms with Gasteiger partial charge in [0.2, 0.25) is 11.0 Å². The Labute approximate surface area is 191 Å². The molecule has 4 heterocycles. The number of nitrogens with one attached hydrogen (secondary N) is 1. The van der Waals surface area contributed by atoms with Crippen LogP contribution in [0.3, 0.4) is 0 Å². The molecule has 168 valence electrons. The molecule has 0 aromatic carbocycles. The van der Waals surface area contributed by atoms with E-state index in [0.717, 1.165) is 46.9 Å². The Morgan fingerprint density at radius 2 is 2.00 bits per heavy atom. The number of nitrogens with zero attached hydrogens (tertiary/aromatic N) is 7. The summed E-state index contributed by atoms with van der Waals surface area (Å²) in [7, 11) is 1.91. The predicted octanol–water partition coefficient (Wildman–Crippen LogP) is 3.81. The third kappa shape index (κ3) is 4.69. The fourth-order valence-electron chi connectivity index (χ4n) is 4.07. The molecule has 1 amide bonds. The molecule has 1 aliphatic rings. The van der Waals surface area contributed by atoms with Crippen molar-refractivity contribution in [1.29, 1.82) is 0 Å². The summed E-state index contributed by atoms with van der Waals surface area (Å²) in [5.41, 5.74) is 3.79.